The normalized spacial score (nSPS) is 20.6. The number of carbonyl (C=O) groups excluding carboxylic acids is 1. The van der Waals surface area contributed by atoms with Crippen molar-refractivity contribution in [2.75, 3.05) is 18.2 Å². The largest absolute Gasteiger partial charge is 0.378 e. The lowest BCUT2D eigenvalue weighted by Crippen LogP contribution is -2.19. The average molecular weight is 267 g/mol. The number of anilines is 1. The first kappa shape index (κ1) is 13.2. The summed E-state index contributed by atoms with van der Waals surface area (Å²) in [5, 5.41) is 2.81. The molecule has 0 saturated carbocycles. The summed E-state index contributed by atoms with van der Waals surface area (Å²) in [5.41, 5.74) is 0.686. The van der Waals surface area contributed by atoms with Crippen LogP contribution >= 0.6 is 0 Å². The monoisotopic (exact) mass is 267 g/mol. The zero-order chi connectivity index (χ0) is 13.0. The molecular weight excluding hydrogens is 250 g/mol. The SMILES string of the molecule is CS(=O)c1cccc(NC(=O)CC2CCCO2)c1. The Bertz CT molecular complexity index is 455. The average Bonchev–Trinajstić information content (AvgIpc) is 2.82. The van der Waals surface area contributed by atoms with E-state index in [1.165, 1.54) is 0 Å². The van der Waals surface area contributed by atoms with E-state index in [-0.39, 0.29) is 12.0 Å². The van der Waals surface area contributed by atoms with Crippen LogP contribution in [0.4, 0.5) is 5.69 Å². The second-order valence-electron chi connectivity index (χ2n) is 4.37. The van der Waals surface area contributed by atoms with E-state index in [4.69, 9.17) is 4.74 Å². The topological polar surface area (TPSA) is 55.4 Å². The molecule has 1 saturated heterocycles. The summed E-state index contributed by atoms with van der Waals surface area (Å²) in [6.07, 6.45) is 4.04. The van der Waals surface area contributed by atoms with E-state index in [0.29, 0.717) is 17.0 Å². The number of nitrogens with one attached hydrogen (secondary N) is 1. The third kappa shape index (κ3) is 3.65. The molecule has 0 radical (unpaired) electrons. The van der Waals surface area contributed by atoms with Gasteiger partial charge in [-0.1, -0.05) is 6.07 Å². The van der Waals surface area contributed by atoms with Crippen LogP contribution in [0.25, 0.3) is 0 Å². The Kier molecular flexibility index (Phi) is 4.49. The molecule has 0 aliphatic carbocycles. The Morgan fingerprint density at radius 2 is 2.39 bits per heavy atom. The molecule has 5 heteroatoms. The first-order valence-corrected chi connectivity index (χ1v) is 7.56. The molecule has 2 atom stereocenters. The fourth-order valence-electron chi connectivity index (χ4n) is 1.98. The van der Waals surface area contributed by atoms with Crippen LogP contribution in [0, 0.1) is 0 Å². The van der Waals surface area contributed by atoms with Crippen molar-refractivity contribution in [3.8, 4) is 0 Å². The molecule has 1 amide bonds. The van der Waals surface area contributed by atoms with Crippen molar-refractivity contribution in [3.05, 3.63) is 24.3 Å². The molecule has 2 rings (SSSR count). The van der Waals surface area contributed by atoms with Crippen LogP contribution in [0.5, 0.6) is 0 Å². The second kappa shape index (κ2) is 6.11. The Hall–Kier alpha value is -1.20. The molecule has 2 unspecified atom stereocenters. The maximum absolute atomic E-state index is 11.8. The standard InChI is InChI=1S/C13H17NO3S/c1-18(16)12-6-2-4-10(8-12)14-13(15)9-11-5-3-7-17-11/h2,4,6,8,11H,3,5,7,9H2,1H3,(H,14,15). The number of hydrogen-bond donors (Lipinski definition) is 1. The first-order chi connectivity index (χ1) is 8.65. The van der Waals surface area contributed by atoms with Crippen LogP contribution < -0.4 is 5.32 Å². The molecule has 1 aliphatic rings. The van der Waals surface area contributed by atoms with E-state index in [1.807, 2.05) is 0 Å². The lowest BCUT2D eigenvalue weighted by Gasteiger charge is -2.10. The van der Waals surface area contributed by atoms with E-state index >= 15 is 0 Å². The molecule has 1 heterocycles. The van der Waals surface area contributed by atoms with Crippen LogP contribution in [-0.2, 0) is 20.3 Å². The predicted molar refractivity (Wildman–Crippen MR) is 71.0 cm³/mol. The van der Waals surface area contributed by atoms with Crippen LogP contribution in [-0.4, -0.2) is 29.1 Å². The van der Waals surface area contributed by atoms with Gasteiger partial charge in [0.15, 0.2) is 0 Å². The molecule has 0 spiro atoms. The predicted octanol–water partition coefficient (Wildman–Crippen LogP) is 1.93. The molecule has 18 heavy (non-hydrogen) atoms. The van der Waals surface area contributed by atoms with Gasteiger partial charge < -0.3 is 10.1 Å². The number of benzene rings is 1. The van der Waals surface area contributed by atoms with Gasteiger partial charge in [-0.25, -0.2) is 0 Å². The zero-order valence-electron chi connectivity index (χ0n) is 10.3. The zero-order valence-corrected chi connectivity index (χ0v) is 11.2. The molecule has 0 aromatic heterocycles. The summed E-state index contributed by atoms with van der Waals surface area (Å²) >= 11 is 0. The summed E-state index contributed by atoms with van der Waals surface area (Å²) < 4.78 is 16.8. The molecule has 1 aromatic carbocycles. The molecule has 1 aliphatic heterocycles. The fraction of sp³-hybridized carbons (Fsp3) is 0.462. The molecule has 1 N–H and O–H groups in total. The van der Waals surface area contributed by atoms with Gasteiger partial charge in [-0.05, 0) is 31.0 Å². The van der Waals surface area contributed by atoms with E-state index in [9.17, 15) is 9.00 Å². The van der Waals surface area contributed by atoms with Crippen molar-refractivity contribution in [1.29, 1.82) is 0 Å². The number of carbonyl (C=O) groups is 1. The van der Waals surface area contributed by atoms with Gasteiger partial charge in [0, 0.05) is 34.2 Å². The van der Waals surface area contributed by atoms with Gasteiger partial charge in [-0.3, -0.25) is 9.00 Å². The maximum Gasteiger partial charge on any atom is 0.226 e. The number of rotatable bonds is 4. The van der Waals surface area contributed by atoms with Crippen molar-refractivity contribution in [3.63, 3.8) is 0 Å². The molecular formula is C13H17NO3S. The molecule has 0 bridgehead atoms. The lowest BCUT2D eigenvalue weighted by molar-refractivity contribution is -0.118. The van der Waals surface area contributed by atoms with E-state index < -0.39 is 10.8 Å². The van der Waals surface area contributed by atoms with Crippen molar-refractivity contribution < 1.29 is 13.7 Å². The number of ether oxygens (including phenoxy) is 1. The van der Waals surface area contributed by atoms with Crippen molar-refractivity contribution in [2.24, 2.45) is 0 Å². The van der Waals surface area contributed by atoms with Gasteiger partial charge >= 0.3 is 0 Å². The minimum atomic E-state index is -1.03. The Balaban J connectivity index is 1.93. The van der Waals surface area contributed by atoms with Gasteiger partial charge in [-0.15, -0.1) is 0 Å². The first-order valence-electron chi connectivity index (χ1n) is 6.00. The quantitative estimate of drug-likeness (QED) is 0.907. The van der Waals surface area contributed by atoms with Gasteiger partial charge in [0.2, 0.25) is 5.91 Å². The second-order valence-corrected chi connectivity index (χ2v) is 5.75. The smallest absolute Gasteiger partial charge is 0.226 e. The lowest BCUT2D eigenvalue weighted by atomic mass is 10.2. The number of amides is 1. The highest BCUT2D eigenvalue weighted by Crippen LogP contribution is 2.17. The van der Waals surface area contributed by atoms with Gasteiger partial charge in [0.1, 0.15) is 0 Å². The molecule has 4 nitrogen and oxygen atoms in total. The minimum Gasteiger partial charge on any atom is -0.378 e. The van der Waals surface area contributed by atoms with Crippen LogP contribution in [0.15, 0.2) is 29.2 Å². The van der Waals surface area contributed by atoms with E-state index in [0.717, 1.165) is 19.4 Å². The fourth-order valence-corrected chi connectivity index (χ4v) is 2.54. The number of hydrogen-bond acceptors (Lipinski definition) is 3. The highest BCUT2D eigenvalue weighted by Gasteiger charge is 2.19. The van der Waals surface area contributed by atoms with Crippen molar-refractivity contribution in [1.82, 2.24) is 0 Å². The van der Waals surface area contributed by atoms with Gasteiger partial charge in [0.05, 0.1) is 12.5 Å². The summed E-state index contributed by atoms with van der Waals surface area (Å²) in [4.78, 5) is 12.5. The van der Waals surface area contributed by atoms with E-state index in [1.54, 1.807) is 30.5 Å². The maximum atomic E-state index is 11.8. The highest BCUT2D eigenvalue weighted by atomic mass is 32.2. The Morgan fingerprint density at radius 1 is 1.56 bits per heavy atom. The summed E-state index contributed by atoms with van der Waals surface area (Å²) in [6, 6.07) is 7.11. The van der Waals surface area contributed by atoms with Gasteiger partial charge in [-0.2, -0.15) is 0 Å². The van der Waals surface area contributed by atoms with E-state index in [2.05, 4.69) is 5.32 Å². The van der Waals surface area contributed by atoms with Crippen molar-refractivity contribution >= 4 is 22.4 Å². The molecule has 98 valence electrons. The summed E-state index contributed by atoms with van der Waals surface area (Å²) in [5.74, 6) is -0.0547. The third-order valence-electron chi connectivity index (χ3n) is 2.89. The minimum absolute atomic E-state index is 0.0495. The van der Waals surface area contributed by atoms with Gasteiger partial charge in [0.25, 0.3) is 0 Å². The van der Waals surface area contributed by atoms with Crippen LogP contribution in [0.1, 0.15) is 19.3 Å². The molecule has 1 aromatic rings. The van der Waals surface area contributed by atoms with Crippen LogP contribution in [0.2, 0.25) is 0 Å². The van der Waals surface area contributed by atoms with Crippen molar-refractivity contribution in [2.45, 2.75) is 30.3 Å². The summed E-state index contributed by atoms with van der Waals surface area (Å²) in [7, 11) is -1.03. The summed E-state index contributed by atoms with van der Waals surface area (Å²) in [6.45, 7) is 0.752. The Labute approximate surface area is 109 Å². The Morgan fingerprint density at radius 3 is 3.06 bits per heavy atom. The van der Waals surface area contributed by atoms with Crippen LogP contribution in [0.3, 0.4) is 0 Å². The molecule has 1 fully saturated rings. The third-order valence-corrected chi connectivity index (χ3v) is 3.80. The highest BCUT2D eigenvalue weighted by molar-refractivity contribution is 7.84.